The van der Waals surface area contributed by atoms with Crippen LogP contribution in [0.3, 0.4) is 0 Å². The molecule has 0 aliphatic carbocycles. The van der Waals surface area contributed by atoms with Crippen LogP contribution in [-0.2, 0) is 6.54 Å². The van der Waals surface area contributed by atoms with Gasteiger partial charge in [-0.2, -0.15) is 5.10 Å². The van der Waals surface area contributed by atoms with E-state index >= 15 is 0 Å². The number of benzene rings is 1. The first kappa shape index (κ1) is 13.1. The predicted molar refractivity (Wildman–Crippen MR) is 76.1 cm³/mol. The normalized spacial score (nSPS) is 10.9. The Kier molecular flexibility index (Phi) is 4.04. The highest BCUT2D eigenvalue weighted by Gasteiger charge is 2.14. The van der Waals surface area contributed by atoms with Gasteiger partial charge in [0.25, 0.3) is 0 Å². The Balaban J connectivity index is 2.46. The maximum Gasteiger partial charge on any atom is 0.0675 e. The monoisotopic (exact) mass is 263 g/mol. The lowest BCUT2D eigenvalue weighted by Gasteiger charge is -2.06. The molecule has 0 atom stereocenters. The first-order valence-corrected chi connectivity index (χ1v) is 6.46. The van der Waals surface area contributed by atoms with Gasteiger partial charge in [-0.15, -0.1) is 0 Å². The zero-order chi connectivity index (χ0) is 13.1. The largest absolute Gasteiger partial charge is 0.318 e. The molecular formula is C14H18ClN3. The molecule has 96 valence electrons. The Bertz CT molecular complexity index is 546. The molecule has 1 heterocycles. The van der Waals surface area contributed by atoms with E-state index in [9.17, 15) is 0 Å². The molecule has 0 unspecified atom stereocenters. The van der Waals surface area contributed by atoms with E-state index in [0.29, 0.717) is 0 Å². The van der Waals surface area contributed by atoms with Crippen molar-refractivity contribution in [1.29, 1.82) is 0 Å². The summed E-state index contributed by atoms with van der Waals surface area (Å²) in [6, 6.07) is 7.91. The molecule has 0 amide bonds. The highest BCUT2D eigenvalue weighted by molar-refractivity contribution is 6.33. The zero-order valence-corrected chi connectivity index (χ0v) is 11.8. The summed E-state index contributed by atoms with van der Waals surface area (Å²) in [5.41, 5.74) is 4.40. The van der Waals surface area contributed by atoms with E-state index in [1.165, 1.54) is 0 Å². The average Bonchev–Trinajstić information content (AvgIpc) is 2.63. The highest BCUT2D eigenvalue weighted by atomic mass is 35.5. The third-order valence-corrected chi connectivity index (χ3v) is 3.43. The second kappa shape index (κ2) is 5.55. The molecule has 4 heteroatoms. The Morgan fingerprint density at radius 3 is 2.67 bits per heavy atom. The van der Waals surface area contributed by atoms with Gasteiger partial charge in [-0.05, 0) is 27.0 Å². The van der Waals surface area contributed by atoms with Gasteiger partial charge < -0.3 is 5.32 Å². The molecule has 0 bridgehead atoms. The van der Waals surface area contributed by atoms with Gasteiger partial charge in [0, 0.05) is 28.4 Å². The molecule has 0 spiro atoms. The number of aromatic nitrogens is 2. The van der Waals surface area contributed by atoms with Gasteiger partial charge in [-0.1, -0.05) is 29.8 Å². The van der Waals surface area contributed by atoms with E-state index in [-0.39, 0.29) is 0 Å². The summed E-state index contributed by atoms with van der Waals surface area (Å²) in [4.78, 5) is 0. The summed E-state index contributed by atoms with van der Waals surface area (Å²) < 4.78 is 2.03. The molecule has 1 aromatic heterocycles. The second-order valence-electron chi connectivity index (χ2n) is 4.35. The molecule has 0 aliphatic rings. The van der Waals surface area contributed by atoms with Gasteiger partial charge in [0.05, 0.1) is 12.2 Å². The summed E-state index contributed by atoms with van der Waals surface area (Å²) >= 11 is 6.27. The lowest BCUT2D eigenvalue weighted by Crippen LogP contribution is -2.16. The highest BCUT2D eigenvalue weighted by Crippen LogP contribution is 2.32. The Hall–Kier alpha value is -1.32. The molecule has 1 aromatic carbocycles. The zero-order valence-electron chi connectivity index (χ0n) is 11.0. The lowest BCUT2D eigenvalue weighted by atomic mass is 10.0. The smallest absolute Gasteiger partial charge is 0.0675 e. The molecule has 0 fully saturated rings. The first-order chi connectivity index (χ1) is 8.65. The number of nitrogens with one attached hydrogen (secondary N) is 1. The van der Waals surface area contributed by atoms with Gasteiger partial charge in [-0.3, -0.25) is 4.68 Å². The van der Waals surface area contributed by atoms with Crippen molar-refractivity contribution in [1.82, 2.24) is 15.1 Å². The fourth-order valence-electron chi connectivity index (χ4n) is 2.19. The molecule has 1 N–H and O–H groups in total. The minimum atomic E-state index is 0.775. The third kappa shape index (κ3) is 2.42. The van der Waals surface area contributed by atoms with E-state index in [1.807, 2.05) is 42.9 Å². The van der Waals surface area contributed by atoms with Crippen molar-refractivity contribution in [2.45, 2.75) is 20.4 Å². The quantitative estimate of drug-likeness (QED) is 0.919. The molecule has 2 rings (SSSR count). The van der Waals surface area contributed by atoms with Crippen molar-refractivity contribution in [3.8, 4) is 11.1 Å². The fraction of sp³-hybridized carbons (Fsp3) is 0.357. The summed E-state index contributed by atoms with van der Waals surface area (Å²) in [5.74, 6) is 0. The standard InChI is InChI=1S/C14H18ClN3/c1-10-14(12-6-4-5-7-13(12)15)11(2)18(17-10)9-8-16-3/h4-7,16H,8-9H2,1-3H3. The predicted octanol–water partition coefficient (Wildman–Crippen LogP) is 3.04. The summed E-state index contributed by atoms with van der Waals surface area (Å²) in [7, 11) is 1.95. The first-order valence-electron chi connectivity index (χ1n) is 6.08. The number of rotatable bonds is 4. The Morgan fingerprint density at radius 2 is 2.00 bits per heavy atom. The van der Waals surface area contributed by atoms with Crippen LogP contribution < -0.4 is 5.32 Å². The van der Waals surface area contributed by atoms with E-state index in [4.69, 9.17) is 11.6 Å². The SMILES string of the molecule is CNCCn1nc(C)c(-c2ccccc2Cl)c1C. The minimum Gasteiger partial charge on any atom is -0.318 e. The van der Waals surface area contributed by atoms with E-state index < -0.39 is 0 Å². The number of halogens is 1. The van der Waals surface area contributed by atoms with Crippen LogP contribution in [0.2, 0.25) is 5.02 Å². The van der Waals surface area contributed by atoms with Crippen molar-refractivity contribution in [2.24, 2.45) is 0 Å². The molecule has 0 saturated heterocycles. The maximum absolute atomic E-state index is 6.27. The van der Waals surface area contributed by atoms with E-state index in [1.54, 1.807) is 0 Å². The number of aryl methyl sites for hydroxylation is 1. The summed E-state index contributed by atoms with van der Waals surface area (Å²) in [6.07, 6.45) is 0. The summed E-state index contributed by atoms with van der Waals surface area (Å²) in [5, 5.41) is 8.49. The molecule has 18 heavy (non-hydrogen) atoms. The number of nitrogens with zero attached hydrogens (tertiary/aromatic N) is 2. The van der Waals surface area contributed by atoms with Gasteiger partial charge in [0.2, 0.25) is 0 Å². The summed E-state index contributed by atoms with van der Waals surface area (Å²) in [6.45, 7) is 5.90. The molecule has 0 aliphatic heterocycles. The number of hydrogen-bond acceptors (Lipinski definition) is 2. The topological polar surface area (TPSA) is 29.9 Å². The molecule has 0 saturated carbocycles. The van der Waals surface area contributed by atoms with Gasteiger partial charge in [-0.25, -0.2) is 0 Å². The van der Waals surface area contributed by atoms with Crippen LogP contribution in [-0.4, -0.2) is 23.4 Å². The fourth-order valence-corrected chi connectivity index (χ4v) is 2.42. The van der Waals surface area contributed by atoms with Crippen LogP contribution >= 0.6 is 11.6 Å². The van der Waals surface area contributed by atoms with Crippen LogP contribution in [0.5, 0.6) is 0 Å². The van der Waals surface area contributed by atoms with Crippen LogP contribution in [0.4, 0.5) is 0 Å². The average molecular weight is 264 g/mol. The Labute approximate surface area is 113 Å². The van der Waals surface area contributed by atoms with Crippen molar-refractivity contribution in [3.63, 3.8) is 0 Å². The molecule has 3 nitrogen and oxygen atoms in total. The van der Waals surface area contributed by atoms with Crippen molar-refractivity contribution < 1.29 is 0 Å². The lowest BCUT2D eigenvalue weighted by molar-refractivity contribution is 0.569. The van der Waals surface area contributed by atoms with Crippen molar-refractivity contribution >= 4 is 11.6 Å². The van der Waals surface area contributed by atoms with Gasteiger partial charge in [0.1, 0.15) is 0 Å². The van der Waals surface area contributed by atoms with Crippen molar-refractivity contribution in [3.05, 3.63) is 40.7 Å². The maximum atomic E-state index is 6.27. The van der Waals surface area contributed by atoms with E-state index in [2.05, 4.69) is 17.3 Å². The van der Waals surface area contributed by atoms with Crippen LogP contribution in [0, 0.1) is 13.8 Å². The number of likely N-dealkylation sites (N-methyl/N-ethyl adjacent to an activating group) is 1. The van der Waals surface area contributed by atoms with E-state index in [0.717, 1.165) is 40.6 Å². The van der Waals surface area contributed by atoms with Gasteiger partial charge in [0.15, 0.2) is 0 Å². The third-order valence-electron chi connectivity index (χ3n) is 3.10. The molecule has 2 aromatic rings. The Morgan fingerprint density at radius 1 is 1.28 bits per heavy atom. The number of hydrogen-bond donors (Lipinski definition) is 1. The van der Waals surface area contributed by atoms with Gasteiger partial charge >= 0.3 is 0 Å². The minimum absolute atomic E-state index is 0.775. The molecular weight excluding hydrogens is 246 g/mol. The molecule has 0 radical (unpaired) electrons. The van der Waals surface area contributed by atoms with Crippen molar-refractivity contribution in [2.75, 3.05) is 13.6 Å². The van der Waals surface area contributed by atoms with Crippen LogP contribution in [0.25, 0.3) is 11.1 Å². The van der Waals surface area contributed by atoms with Crippen LogP contribution in [0.15, 0.2) is 24.3 Å². The second-order valence-corrected chi connectivity index (χ2v) is 4.76. The van der Waals surface area contributed by atoms with Crippen LogP contribution in [0.1, 0.15) is 11.4 Å².